The number of fused-ring (bicyclic) bond motifs is 1. The Morgan fingerprint density at radius 3 is 2.83 bits per heavy atom. The predicted molar refractivity (Wildman–Crippen MR) is 142 cm³/mol. The van der Waals surface area contributed by atoms with Gasteiger partial charge < -0.3 is 14.4 Å². The van der Waals surface area contributed by atoms with Gasteiger partial charge in [-0.05, 0) is 33.1 Å². The Hall–Kier alpha value is -2.71. The van der Waals surface area contributed by atoms with E-state index in [4.69, 9.17) is 19.6 Å². The van der Waals surface area contributed by atoms with E-state index in [1.54, 1.807) is 9.36 Å². The molecule has 4 rings (SSSR count). The lowest BCUT2D eigenvalue weighted by Gasteiger charge is -2.34. The van der Waals surface area contributed by atoms with Crippen molar-refractivity contribution in [2.45, 2.75) is 45.4 Å². The Bertz CT molecular complexity index is 1200. The standard InChI is InChI=1S/C25H37N7O2Si/c1-20-18-33-13-12-31(20)24-16-21(8-7-10-29(2)3)22-17-26-32(25(22)27-24)23-9-11-30(28-23)19-34-14-15-35(4,5)6/h9,11,16-17,20H,10,12-15,18-19H2,1-6H3/t20-/m1/s1. The Labute approximate surface area is 209 Å². The van der Waals surface area contributed by atoms with E-state index in [-0.39, 0.29) is 6.04 Å². The fourth-order valence-electron chi connectivity index (χ4n) is 3.84. The van der Waals surface area contributed by atoms with Crippen LogP contribution >= 0.6 is 0 Å². The van der Waals surface area contributed by atoms with Gasteiger partial charge in [-0.25, -0.2) is 9.67 Å². The maximum Gasteiger partial charge on any atom is 0.177 e. The fraction of sp³-hybridized carbons (Fsp3) is 0.560. The molecule has 188 valence electrons. The maximum absolute atomic E-state index is 5.86. The van der Waals surface area contributed by atoms with Gasteiger partial charge in [-0.3, -0.25) is 4.90 Å². The molecule has 0 spiro atoms. The van der Waals surface area contributed by atoms with Crippen molar-refractivity contribution < 1.29 is 9.47 Å². The highest BCUT2D eigenvalue weighted by atomic mass is 28.3. The molecule has 1 fully saturated rings. The van der Waals surface area contributed by atoms with Crippen molar-refractivity contribution in [2.24, 2.45) is 0 Å². The summed E-state index contributed by atoms with van der Waals surface area (Å²) in [5, 5.41) is 10.3. The molecule has 0 radical (unpaired) electrons. The molecule has 0 N–H and O–H groups in total. The van der Waals surface area contributed by atoms with E-state index < -0.39 is 8.07 Å². The number of hydrogen-bond acceptors (Lipinski definition) is 7. The lowest BCUT2D eigenvalue weighted by molar-refractivity contribution is 0.0785. The SMILES string of the molecule is C[C@@H]1COCCN1c1cc(C#CCN(C)C)c2cnn(-c3ccn(COCC[Si](C)(C)C)n3)c2n1. The van der Waals surface area contributed by atoms with Crippen molar-refractivity contribution in [3.63, 3.8) is 0 Å². The average molecular weight is 496 g/mol. The second kappa shape index (κ2) is 10.9. The van der Waals surface area contributed by atoms with Crippen molar-refractivity contribution in [3.8, 4) is 17.7 Å². The molecule has 3 aromatic rings. The Kier molecular flexibility index (Phi) is 7.91. The third-order valence-corrected chi connectivity index (χ3v) is 7.58. The van der Waals surface area contributed by atoms with Gasteiger partial charge in [0, 0.05) is 39.1 Å². The number of nitrogens with zero attached hydrogens (tertiary/aromatic N) is 7. The first-order valence-corrected chi connectivity index (χ1v) is 15.9. The van der Waals surface area contributed by atoms with Gasteiger partial charge in [0.15, 0.2) is 11.5 Å². The highest BCUT2D eigenvalue weighted by molar-refractivity contribution is 6.76. The number of anilines is 1. The van der Waals surface area contributed by atoms with E-state index in [2.05, 4.69) is 59.4 Å². The average Bonchev–Trinajstić information content (AvgIpc) is 3.43. The molecule has 0 amide bonds. The van der Waals surface area contributed by atoms with Gasteiger partial charge in [0.2, 0.25) is 0 Å². The lowest BCUT2D eigenvalue weighted by atomic mass is 10.1. The van der Waals surface area contributed by atoms with Gasteiger partial charge in [-0.15, -0.1) is 0 Å². The van der Waals surface area contributed by atoms with E-state index in [1.807, 2.05) is 32.6 Å². The van der Waals surface area contributed by atoms with Gasteiger partial charge in [-0.2, -0.15) is 14.9 Å². The van der Waals surface area contributed by atoms with Gasteiger partial charge in [0.1, 0.15) is 12.5 Å². The first-order chi connectivity index (χ1) is 16.7. The van der Waals surface area contributed by atoms with Gasteiger partial charge in [0.25, 0.3) is 0 Å². The van der Waals surface area contributed by atoms with E-state index in [0.29, 0.717) is 32.3 Å². The largest absolute Gasteiger partial charge is 0.377 e. The topological polar surface area (TPSA) is 73.5 Å². The summed E-state index contributed by atoms with van der Waals surface area (Å²) in [6.45, 7) is 13.2. The van der Waals surface area contributed by atoms with Crippen molar-refractivity contribution in [3.05, 3.63) is 30.1 Å². The van der Waals surface area contributed by atoms with Crippen LogP contribution in [0.2, 0.25) is 25.7 Å². The molecular formula is C25H37N7O2Si. The van der Waals surface area contributed by atoms with Crippen molar-refractivity contribution in [1.82, 2.24) is 29.4 Å². The minimum Gasteiger partial charge on any atom is -0.377 e. The molecule has 0 bridgehead atoms. The van der Waals surface area contributed by atoms with Crippen molar-refractivity contribution >= 4 is 24.9 Å². The van der Waals surface area contributed by atoms with Crippen LogP contribution in [0, 0.1) is 11.8 Å². The van der Waals surface area contributed by atoms with Gasteiger partial charge >= 0.3 is 0 Å². The maximum atomic E-state index is 5.86. The second-order valence-corrected chi connectivity index (χ2v) is 16.2. The normalized spacial score (nSPS) is 16.7. The van der Waals surface area contributed by atoms with E-state index >= 15 is 0 Å². The lowest BCUT2D eigenvalue weighted by Crippen LogP contribution is -2.44. The number of rotatable bonds is 8. The summed E-state index contributed by atoms with van der Waals surface area (Å²) in [6, 6.07) is 5.39. The van der Waals surface area contributed by atoms with Crippen LogP contribution < -0.4 is 4.90 Å². The number of hydrogen-bond donors (Lipinski definition) is 0. The minimum atomic E-state index is -1.11. The summed E-state index contributed by atoms with van der Waals surface area (Å²) in [6.07, 6.45) is 3.75. The van der Waals surface area contributed by atoms with Crippen LogP contribution in [-0.2, 0) is 16.2 Å². The van der Waals surface area contributed by atoms with Crippen LogP contribution in [0.25, 0.3) is 16.9 Å². The van der Waals surface area contributed by atoms with Crippen LogP contribution in [0.3, 0.4) is 0 Å². The summed E-state index contributed by atoms with van der Waals surface area (Å²) in [7, 11) is 2.92. The van der Waals surface area contributed by atoms with Crippen molar-refractivity contribution in [2.75, 3.05) is 51.9 Å². The first-order valence-electron chi connectivity index (χ1n) is 12.2. The molecule has 3 aromatic heterocycles. The number of pyridine rings is 1. The molecule has 10 heteroatoms. The van der Waals surface area contributed by atoms with Crippen LogP contribution in [0.4, 0.5) is 5.82 Å². The van der Waals surface area contributed by atoms with E-state index in [0.717, 1.165) is 41.6 Å². The molecule has 0 unspecified atom stereocenters. The molecule has 1 atom stereocenters. The molecule has 1 aliphatic rings. The second-order valence-electron chi connectivity index (χ2n) is 10.5. The summed E-state index contributed by atoms with van der Waals surface area (Å²) in [5.74, 6) is 8.20. The zero-order chi connectivity index (χ0) is 25.0. The van der Waals surface area contributed by atoms with Crippen LogP contribution in [0.5, 0.6) is 0 Å². The van der Waals surface area contributed by atoms with E-state index in [9.17, 15) is 0 Å². The third-order valence-electron chi connectivity index (χ3n) is 5.87. The Morgan fingerprint density at radius 2 is 2.09 bits per heavy atom. The smallest absolute Gasteiger partial charge is 0.177 e. The van der Waals surface area contributed by atoms with Crippen LogP contribution in [0.1, 0.15) is 12.5 Å². The number of morpholine rings is 1. The highest BCUT2D eigenvalue weighted by Crippen LogP contribution is 2.26. The van der Waals surface area contributed by atoms with Crippen LogP contribution in [0.15, 0.2) is 24.5 Å². The molecule has 9 nitrogen and oxygen atoms in total. The summed E-state index contributed by atoms with van der Waals surface area (Å²) < 4.78 is 15.1. The fourth-order valence-corrected chi connectivity index (χ4v) is 4.59. The Balaban J connectivity index is 1.64. The Morgan fingerprint density at radius 1 is 1.26 bits per heavy atom. The zero-order valence-electron chi connectivity index (χ0n) is 21.8. The molecule has 0 aromatic carbocycles. The summed E-state index contributed by atoms with van der Waals surface area (Å²) >= 11 is 0. The third kappa shape index (κ3) is 6.49. The molecule has 1 saturated heterocycles. The molecule has 1 aliphatic heterocycles. The monoisotopic (exact) mass is 495 g/mol. The van der Waals surface area contributed by atoms with Gasteiger partial charge in [-0.1, -0.05) is 31.5 Å². The molecule has 0 saturated carbocycles. The number of aromatic nitrogens is 5. The van der Waals surface area contributed by atoms with Crippen molar-refractivity contribution in [1.29, 1.82) is 0 Å². The summed E-state index contributed by atoms with van der Waals surface area (Å²) in [4.78, 5) is 9.35. The first kappa shape index (κ1) is 25.4. The van der Waals surface area contributed by atoms with E-state index in [1.165, 1.54) is 0 Å². The summed E-state index contributed by atoms with van der Waals surface area (Å²) in [5.41, 5.74) is 1.67. The van der Waals surface area contributed by atoms with Gasteiger partial charge in [0.05, 0.1) is 37.4 Å². The molecule has 4 heterocycles. The molecular weight excluding hydrogens is 458 g/mol. The highest BCUT2D eigenvalue weighted by Gasteiger charge is 2.23. The number of ether oxygens (including phenoxy) is 2. The zero-order valence-corrected chi connectivity index (χ0v) is 22.8. The predicted octanol–water partition coefficient (Wildman–Crippen LogP) is 3.07. The van der Waals surface area contributed by atoms with Crippen LogP contribution in [-0.4, -0.2) is 90.6 Å². The molecule has 0 aliphatic carbocycles. The molecule has 35 heavy (non-hydrogen) atoms. The quantitative estimate of drug-likeness (QED) is 0.270. The minimum absolute atomic E-state index is 0.236.